The molecule has 2 aliphatic rings. The normalized spacial score (nSPS) is 19.5. The first-order valence-corrected chi connectivity index (χ1v) is 7.73. The second kappa shape index (κ2) is 5.37. The Kier molecular flexibility index (Phi) is 3.22. The number of hydrogen-bond acceptors (Lipinski definition) is 2. The standard InChI is InChI=1S/C18H19N3O/c19-18(20-14-9-8-12-4-3-5-13(12)10-14)21-16-11-22-17-7-2-1-6-15(16)17/h1-2,6-10,16H,3-5,11H2,(H3,19,20,21). The van der Waals surface area contributed by atoms with Gasteiger partial charge >= 0.3 is 0 Å². The van der Waals surface area contributed by atoms with Gasteiger partial charge in [-0.3, -0.25) is 0 Å². The molecule has 112 valence electrons. The highest BCUT2D eigenvalue weighted by molar-refractivity contribution is 5.92. The Bertz CT molecular complexity index is 739. The van der Waals surface area contributed by atoms with Crippen LogP contribution in [0.15, 0.2) is 47.5 Å². The summed E-state index contributed by atoms with van der Waals surface area (Å²) in [6.45, 7) is 0.548. The van der Waals surface area contributed by atoms with E-state index in [1.54, 1.807) is 0 Å². The van der Waals surface area contributed by atoms with E-state index in [1.165, 1.54) is 24.0 Å². The number of fused-ring (bicyclic) bond motifs is 2. The van der Waals surface area contributed by atoms with E-state index < -0.39 is 0 Å². The Morgan fingerprint density at radius 2 is 2.00 bits per heavy atom. The largest absolute Gasteiger partial charge is 0.491 e. The van der Waals surface area contributed by atoms with Crippen LogP contribution < -0.4 is 15.8 Å². The van der Waals surface area contributed by atoms with Gasteiger partial charge in [0.2, 0.25) is 0 Å². The van der Waals surface area contributed by atoms with Crippen LogP contribution >= 0.6 is 0 Å². The van der Waals surface area contributed by atoms with Gasteiger partial charge in [-0.1, -0.05) is 24.3 Å². The van der Waals surface area contributed by atoms with Crippen molar-refractivity contribution in [2.24, 2.45) is 10.7 Å². The predicted octanol–water partition coefficient (Wildman–Crippen LogP) is 3.04. The van der Waals surface area contributed by atoms with Crippen molar-refractivity contribution in [2.75, 3.05) is 11.9 Å². The van der Waals surface area contributed by atoms with Crippen LogP contribution in [-0.4, -0.2) is 12.6 Å². The van der Waals surface area contributed by atoms with Gasteiger partial charge in [0.05, 0.1) is 0 Å². The Labute approximate surface area is 130 Å². The smallest absolute Gasteiger partial charge is 0.193 e. The van der Waals surface area contributed by atoms with Crippen LogP contribution in [0.25, 0.3) is 0 Å². The molecule has 2 aromatic rings. The van der Waals surface area contributed by atoms with Crippen molar-refractivity contribution in [2.45, 2.75) is 25.3 Å². The third-order valence-electron chi connectivity index (χ3n) is 4.34. The molecule has 2 aromatic carbocycles. The number of ether oxygens (including phenoxy) is 1. The number of aliphatic imine (C=N–C) groups is 1. The van der Waals surface area contributed by atoms with Gasteiger partial charge in [-0.05, 0) is 48.6 Å². The first-order chi connectivity index (χ1) is 10.8. The molecule has 0 spiro atoms. The minimum absolute atomic E-state index is 0.0295. The lowest BCUT2D eigenvalue weighted by molar-refractivity contribution is 0.334. The fraction of sp³-hybridized carbons (Fsp3) is 0.278. The Balaban J connectivity index is 1.52. The average molecular weight is 293 g/mol. The van der Waals surface area contributed by atoms with Gasteiger partial charge in [-0.2, -0.15) is 0 Å². The zero-order chi connectivity index (χ0) is 14.9. The van der Waals surface area contributed by atoms with E-state index in [9.17, 15) is 0 Å². The molecular formula is C18H19N3O. The van der Waals surface area contributed by atoms with Crippen molar-refractivity contribution >= 4 is 11.6 Å². The third-order valence-corrected chi connectivity index (χ3v) is 4.34. The summed E-state index contributed by atoms with van der Waals surface area (Å²) in [5, 5.41) is 3.20. The highest BCUT2D eigenvalue weighted by atomic mass is 16.5. The third kappa shape index (κ3) is 2.41. The summed E-state index contributed by atoms with van der Waals surface area (Å²) in [5.41, 5.74) is 11.1. The van der Waals surface area contributed by atoms with Crippen LogP contribution in [0.3, 0.4) is 0 Å². The lowest BCUT2D eigenvalue weighted by Crippen LogP contribution is -2.24. The second-order valence-corrected chi connectivity index (χ2v) is 5.84. The topological polar surface area (TPSA) is 59.6 Å². The molecule has 1 aliphatic heterocycles. The van der Waals surface area contributed by atoms with E-state index in [0.29, 0.717) is 12.6 Å². The molecule has 4 nitrogen and oxygen atoms in total. The summed E-state index contributed by atoms with van der Waals surface area (Å²) < 4.78 is 5.63. The maximum atomic E-state index is 6.07. The molecule has 0 amide bonds. The van der Waals surface area contributed by atoms with E-state index in [4.69, 9.17) is 10.5 Å². The molecule has 1 atom stereocenters. The molecular weight excluding hydrogens is 274 g/mol. The van der Waals surface area contributed by atoms with Crippen molar-refractivity contribution < 1.29 is 4.74 Å². The minimum Gasteiger partial charge on any atom is -0.491 e. The summed E-state index contributed by atoms with van der Waals surface area (Å²) in [6, 6.07) is 14.4. The quantitative estimate of drug-likeness (QED) is 0.661. The number of hydrogen-bond donors (Lipinski definition) is 2. The van der Waals surface area contributed by atoms with Crippen molar-refractivity contribution in [1.82, 2.24) is 0 Å². The molecule has 1 heterocycles. The molecule has 0 fully saturated rings. The van der Waals surface area contributed by atoms with E-state index >= 15 is 0 Å². The summed E-state index contributed by atoms with van der Waals surface area (Å²) in [5.74, 6) is 1.34. The number of nitrogens with one attached hydrogen (secondary N) is 1. The lowest BCUT2D eigenvalue weighted by atomic mass is 10.1. The number of benzene rings is 2. The van der Waals surface area contributed by atoms with E-state index in [2.05, 4.69) is 28.5 Å². The molecule has 0 saturated heterocycles. The number of para-hydroxylation sites is 1. The zero-order valence-electron chi connectivity index (χ0n) is 12.4. The van der Waals surface area contributed by atoms with Gasteiger partial charge in [0, 0.05) is 11.3 Å². The van der Waals surface area contributed by atoms with E-state index in [1.807, 2.05) is 24.3 Å². The van der Waals surface area contributed by atoms with Crippen LogP contribution in [0, 0.1) is 0 Å². The van der Waals surface area contributed by atoms with Gasteiger partial charge < -0.3 is 15.8 Å². The maximum absolute atomic E-state index is 6.07. The fourth-order valence-electron chi connectivity index (χ4n) is 3.25. The van der Waals surface area contributed by atoms with Gasteiger partial charge in [-0.15, -0.1) is 0 Å². The van der Waals surface area contributed by atoms with Gasteiger partial charge in [0.15, 0.2) is 5.96 Å². The average Bonchev–Trinajstić information content (AvgIpc) is 3.14. The first kappa shape index (κ1) is 13.2. The summed E-state index contributed by atoms with van der Waals surface area (Å²) in [6.07, 6.45) is 3.60. The summed E-state index contributed by atoms with van der Waals surface area (Å²) >= 11 is 0. The number of aryl methyl sites for hydroxylation is 2. The van der Waals surface area contributed by atoms with Gasteiger partial charge in [0.25, 0.3) is 0 Å². The zero-order valence-corrected chi connectivity index (χ0v) is 12.4. The van der Waals surface area contributed by atoms with Crippen molar-refractivity contribution in [3.63, 3.8) is 0 Å². The SMILES string of the molecule is NC(=NC1COc2ccccc21)Nc1ccc2c(c1)CCC2. The number of nitrogens with zero attached hydrogens (tertiary/aromatic N) is 1. The molecule has 3 N–H and O–H groups in total. The van der Waals surface area contributed by atoms with Crippen LogP contribution in [0.5, 0.6) is 5.75 Å². The van der Waals surface area contributed by atoms with Crippen LogP contribution in [0.2, 0.25) is 0 Å². The molecule has 1 unspecified atom stereocenters. The lowest BCUT2D eigenvalue weighted by Gasteiger charge is -2.10. The van der Waals surface area contributed by atoms with E-state index in [-0.39, 0.29) is 6.04 Å². The molecule has 0 saturated carbocycles. The second-order valence-electron chi connectivity index (χ2n) is 5.84. The number of nitrogens with two attached hydrogens (primary N) is 1. The molecule has 0 radical (unpaired) electrons. The summed E-state index contributed by atoms with van der Waals surface area (Å²) in [4.78, 5) is 4.56. The van der Waals surface area contributed by atoms with Crippen LogP contribution in [0.4, 0.5) is 5.69 Å². The van der Waals surface area contributed by atoms with Gasteiger partial charge in [-0.25, -0.2) is 4.99 Å². The van der Waals surface area contributed by atoms with Crippen molar-refractivity contribution in [1.29, 1.82) is 0 Å². The predicted molar refractivity (Wildman–Crippen MR) is 88.4 cm³/mol. The molecule has 4 heteroatoms. The minimum atomic E-state index is -0.0295. The molecule has 0 aromatic heterocycles. The van der Waals surface area contributed by atoms with Crippen LogP contribution in [-0.2, 0) is 12.8 Å². The number of anilines is 1. The highest BCUT2D eigenvalue weighted by Gasteiger charge is 2.23. The number of guanidine groups is 1. The molecule has 4 rings (SSSR count). The molecule has 22 heavy (non-hydrogen) atoms. The van der Waals surface area contributed by atoms with E-state index in [0.717, 1.165) is 23.4 Å². The fourth-order valence-corrected chi connectivity index (χ4v) is 3.25. The summed E-state index contributed by atoms with van der Waals surface area (Å²) in [7, 11) is 0. The Hall–Kier alpha value is -2.49. The number of rotatable bonds is 2. The van der Waals surface area contributed by atoms with Gasteiger partial charge in [0.1, 0.15) is 18.4 Å². The monoisotopic (exact) mass is 293 g/mol. The Morgan fingerprint density at radius 1 is 1.14 bits per heavy atom. The molecule has 1 aliphatic carbocycles. The van der Waals surface area contributed by atoms with Crippen molar-refractivity contribution in [3.05, 3.63) is 59.2 Å². The highest BCUT2D eigenvalue weighted by Crippen LogP contribution is 2.34. The Morgan fingerprint density at radius 3 is 2.95 bits per heavy atom. The van der Waals surface area contributed by atoms with Crippen molar-refractivity contribution in [3.8, 4) is 5.75 Å². The first-order valence-electron chi connectivity index (χ1n) is 7.73. The molecule has 0 bridgehead atoms. The van der Waals surface area contributed by atoms with Crippen LogP contribution in [0.1, 0.15) is 29.2 Å². The maximum Gasteiger partial charge on any atom is 0.193 e.